The molecule has 1 atom stereocenters. The minimum absolute atomic E-state index is 0.0315. The molecule has 3 aliphatic heterocycles. The van der Waals surface area contributed by atoms with E-state index >= 15 is 0 Å². The largest absolute Gasteiger partial charge is 0.327 e. The molecule has 3 heterocycles. The zero-order chi connectivity index (χ0) is 15.2. The molecule has 3 saturated heterocycles. The van der Waals surface area contributed by atoms with Crippen LogP contribution in [0.5, 0.6) is 0 Å². The maximum Gasteiger partial charge on any atom is 0.327 e. The standard InChI is InChI=1S/C16H27N3O2/c1-4-18-14(20)13-9-16(11-19(13)15(18)21)5-7-17(8-6-16)10-12(2)3/h12-13H,4-11H2,1-3H3. The Balaban J connectivity index is 1.64. The van der Waals surface area contributed by atoms with Crippen LogP contribution in [0.3, 0.4) is 0 Å². The first-order chi connectivity index (χ1) is 9.96. The van der Waals surface area contributed by atoms with Gasteiger partial charge in [-0.1, -0.05) is 13.8 Å². The molecule has 1 unspecified atom stereocenters. The van der Waals surface area contributed by atoms with Gasteiger partial charge in [0.1, 0.15) is 6.04 Å². The molecule has 118 valence electrons. The number of hydrogen-bond acceptors (Lipinski definition) is 3. The van der Waals surface area contributed by atoms with Crippen LogP contribution < -0.4 is 0 Å². The summed E-state index contributed by atoms with van der Waals surface area (Å²) >= 11 is 0. The first-order valence-electron chi connectivity index (χ1n) is 8.30. The van der Waals surface area contributed by atoms with E-state index in [9.17, 15) is 9.59 Å². The van der Waals surface area contributed by atoms with Gasteiger partial charge >= 0.3 is 6.03 Å². The van der Waals surface area contributed by atoms with Crippen molar-refractivity contribution in [1.82, 2.24) is 14.7 Å². The summed E-state index contributed by atoms with van der Waals surface area (Å²) in [5, 5.41) is 0. The van der Waals surface area contributed by atoms with E-state index in [4.69, 9.17) is 0 Å². The minimum Gasteiger partial charge on any atom is -0.312 e. The van der Waals surface area contributed by atoms with E-state index in [-0.39, 0.29) is 23.4 Å². The van der Waals surface area contributed by atoms with Gasteiger partial charge in [-0.2, -0.15) is 0 Å². The van der Waals surface area contributed by atoms with Gasteiger partial charge in [-0.3, -0.25) is 9.69 Å². The number of hydrogen-bond donors (Lipinski definition) is 0. The number of imide groups is 1. The Labute approximate surface area is 127 Å². The second kappa shape index (κ2) is 5.27. The number of nitrogens with zero attached hydrogens (tertiary/aromatic N) is 3. The Morgan fingerprint density at radius 3 is 2.43 bits per heavy atom. The molecule has 3 fully saturated rings. The number of urea groups is 1. The first kappa shape index (κ1) is 14.8. The first-order valence-corrected chi connectivity index (χ1v) is 8.30. The predicted molar refractivity (Wildman–Crippen MR) is 80.8 cm³/mol. The van der Waals surface area contributed by atoms with Gasteiger partial charge in [0, 0.05) is 19.6 Å². The molecule has 0 N–H and O–H groups in total. The molecule has 5 heteroatoms. The highest BCUT2D eigenvalue weighted by molar-refractivity contribution is 6.04. The number of rotatable bonds is 3. The van der Waals surface area contributed by atoms with Gasteiger partial charge in [0.2, 0.25) is 0 Å². The molecular formula is C16H27N3O2. The molecule has 3 amide bonds. The molecular weight excluding hydrogens is 266 g/mol. The average molecular weight is 293 g/mol. The maximum atomic E-state index is 12.3. The van der Waals surface area contributed by atoms with Crippen molar-refractivity contribution in [3.05, 3.63) is 0 Å². The van der Waals surface area contributed by atoms with Crippen LogP contribution in [0.1, 0.15) is 40.0 Å². The van der Waals surface area contributed by atoms with Crippen LogP contribution in [0.25, 0.3) is 0 Å². The highest BCUT2D eigenvalue weighted by Gasteiger charge is 2.55. The molecule has 0 radical (unpaired) electrons. The van der Waals surface area contributed by atoms with Gasteiger partial charge in [-0.15, -0.1) is 0 Å². The van der Waals surface area contributed by atoms with Gasteiger partial charge < -0.3 is 9.80 Å². The molecule has 0 aromatic heterocycles. The minimum atomic E-state index is -0.172. The number of likely N-dealkylation sites (tertiary alicyclic amines) is 1. The lowest BCUT2D eigenvalue weighted by Gasteiger charge is -2.40. The molecule has 0 aromatic carbocycles. The maximum absolute atomic E-state index is 12.3. The van der Waals surface area contributed by atoms with Gasteiger partial charge in [0.15, 0.2) is 0 Å². The topological polar surface area (TPSA) is 43.9 Å². The van der Waals surface area contributed by atoms with Crippen LogP contribution in [-0.4, -0.2) is 65.4 Å². The number of likely N-dealkylation sites (N-methyl/N-ethyl adjacent to an activating group) is 1. The summed E-state index contributed by atoms with van der Waals surface area (Å²) in [6.45, 7) is 11.0. The molecule has 0 bridgehead atoms. The van der Waals surface area contributed by atoms with Crippen LogP contribution in [0.15, 0.2) is 0 Å². The van der Waals surface area contributed by atoms with Crippen LogP contribution in [0.2, 0.25) is 0 Å². The van der Waals surface area contributed by atoms with Crippen LogP contribution in [0, 0.1) is 11.3 Å². The monoisotopic (exact) mass is 293 g/mol. The molecule has 3 rings (SSSR count). The summed E-state index contributed by atoms with van der Waals surface area (Å²) in [5.74, 6) is 0.732. The Bertz CT molecular complexity index is 415. The number of amides is 3. The van der Waals surface area contributed by atoms with Crippen LogP contribution >= 0.6 is 0 Å². The molecule has 0 aliphatic carbocycles. The Kier molecular flexibility index (Phi) is 3.72. The molecule has 0 aromatic rings. The van der Waals surface area contributed by atoms with Crippen LogP contribution in [-0.2, 0) is 4.79 Å². The van der Waals surface area contributed by atoms with Crippen molar-refractivity contribution in [2.24, 2.45) is 11.3 Å². The fourth-order valence-electron chi connectivity index (χ4n) is 4.29. The lowest BCUT2D eigenvalue weighted by Crippen LogP contribution is -2.44. The molecule has 1 spiro atoms. The highest BCUT2D eigenvalue weighted by Crippen LogP contribution is 2.46. The van der Waals surface area contributed by atoms with Gasteiger partial charge in [0.25, 0.3) is 5.91 Å². The smallest absolute Gasteiger partial charge is 0.312 e. The average Bonchev–Trinajstić information content (AvgIpc) is 2.90. The number of piperidine rings is 1. The second-order valence-corrected chi connectivity index (χ2v) is 7.41. The number of carbonyl (C=O) groups is 2. The predicted octanol–water partition coefficient (Wildman–Crippen LogP) is 1.78. The fourth-order valence-corrected chi connectivity index (χ4v) is 4.29. The summed E-state index contributed by atoms with van der Waals surface area (Å²) in [5.41, 5.74) is 0.198. The Hall–Kier alpha value is -1.10. The van der Waals surface area contributed by atoms with Crippen molar-refractivity contribution in [2.45, 2.75) is 46.1 Å². The Morgan fingerprint density at radius 2 is 1.90 bits per heavy atom. The quantitative estimate of drug-likeness (QED) is 0.745. The SMILES string of the molecule is CCN1C(=O)C2CC3(CCN(CC(C)C)CC3)CN2C1=O. The molecule has 5 nitrogen and oxygen atoms in total. The lowest BCUT2D eigenvalue weighted by atomic mass is 9.76. The van der Waals surface area contributed by atoms with E-state index in [2.05, 4.69) is 18.7 Å². The lowest BCUT2D eigenvalue weighted by molar-refractivity contribution is -0.128. The van der Waals surface area contributed by atoms with Crippen molar-refractivity contribution in [3.63, 3.8) is 0 Å². The van der Waals surface area contributed by atoms with E-state index in [1.807, 2.05) is 11.8 Å². The summed E-state index contributed by atoms with van der Waals surface area (Å²) in [6, 6.07) is -0.233. The van der Waals surface area contributed by atoms with Gasteiger partial charge in [-0.05, 0) is 50.6 Å². The third-order valence-electron chi connectivity index (χ3n) is 5.39. The van der Waals surface area contributed by atoms with Crippen molar-refractivity contribution in [1.29, 1.82) is 0 Å². The third kappa shape index (κ3) is 2.45. The van der Waals surface area contributed by atoms with E-state index < -0.39 is 0 Å². The Morgan fingerprint density at radius 1 is 1.24 bits per heavy atom. The molecule has 21 heavy (non-hydrogen) atoms. The van der Waals surface area contributed by atoms with E-state index in [1.165, 1.54) is 4.90 Å². The van der Waals surface area contributed by atoms with Crippen LogP contribution in [0.4, 0.5) is 4.79 Å². The fraction of sp³-hybridized carbons (Fsp3) is 0.875. The normalized spacial score (nSPS) is 29.0. The van der Waals surface area contributed by atoms with Crippen molar-refractivity contribution in [3.8, 4) is 0 Å². The second-order valence-electron chi connectivity index (χ2n) is 7.41. The van der Waals surface area contributed by atoms with Crippen molar-refractivity contribution in [2.75, 3.05) is 32.7 Å². The van der Waals surface area contributed by atoms with Gasteiger partial charge in [0.05, 0.1) is 0 Å². The van der Waals surface area contributed by atoms with Crippen molar-refractivity contribution < 1.29 is 9.59 Å². The van der Waals surface area contributed by atoms with Gasteiger partial charge in [-0.25, -0.2) is 4.79 Å². The summed E-state index contributed by atoms with van der Waals surface area (Å²) in [7, 11) is 0. The highest BCUT2D eigenvalue weighted by atomic mass is 16.2. The number of carbonyl (C=O) groups excluding carboxylic acids is 2. The number of fused-ring (bicyclic) bond motifs is 1. The van der Waals surface area contributed by atoms with Crippen molar-refractivity contribution >= 4 is 11.9 Å². The van der Waals surface area contributed by atoms with E-state index in [0.29, 0.717) is 12.5 Å². The zero-order valence-electron chi connectivity index (χ0n) is 13.5. The molecule has 0 saturated carbocycles. The van der Waals surface area contributed by atoms with E-state index in [0.717, 1.165) is 45.4 Å². The zero-order valence-corrected chi connectivity index (χ0v) is 13.5. The summed E-state index contributed by atoms with van der Waals surface area (Å²) in [6.07, 6.45) is 3.13. The summed E-state index contributed by atoms with van der Waals surface area (Å²) in [4.78, 5) is 30.4. The van der Waals surface area contributed by atoms with E-state index in [1.54, 1.807) is 0 Å². The summed E-state index contributed by atoms with van der Waals surface area (Å²) < 4.78 is 0. The molecule has 3 aliphatic rings. The third-order valence-corrected chi connectivity index (χ3v) is 5.39.